The summed E-state index contributed by atoms with van der Waals surface area (Å²) in [5, 5.41) is 0. The number of carbonyl (C=O) groups excluding carboxylic acids is 1. The van der Waals surface area contributed by atoms with Crippen molar-refractivity contribution >= 4 is 5.78 Å². The van der Waals surface area contributed by atoms with Gasteiger partial charge in [-0.1, -0.05) is 60.7 Å². The van der Waals surface area contributed by atoms with Crippen LogP contribution in [-0.2, 0) is 0 Å². The number of hydrogen-bond acceptors (Lipinski definition) is 2. The first-order chi connectivity index (χ1) is 10.3. The lowest BCUT2D eigenvalue weighted by molar-refractivity contribution is 0.0935. The molecule has 3 rings (SSSR count). The molecule has 0 aliphatic rings. The summed E-state index contributed by atoms with van der Waals surface area (Å²) in [7, 11) is 0. The van der Waals surface area contributed by atoms with E-state index in [0.29, 0.717) is 0 Å². The van der Waals surface area contributed by atoms with E-state index in [2.05, 4.69) is 4.98 Å². The zero-order valence-electron chi connectivity index (χ0n) is 11.8. The van der Waals surface area contributed by atoms with E-state index in [-0.39, 0.29) is 11.8 Å². The Morgan fingerprint density at radius 3 is 2.29 bits per heavy atom. The van der Waals surface area contributed by atoms with E-state index < -0.39 is 0 Å². The van der Waals surface area contributed by atoms with Crippen molar-refractivity contribution in [1.29, 1.82) is 0 Å². The van der Waals surface area contributed by atoms with Gasteiger partial charge < -0.3 is 4.57 Å². The van der Waals surface area contributed by atoms with Gasteiger partial charge in [-0.05, 0) is 6.92 Å². The van der Waals surface area contributed by atoms with Crippen molar-refractivity contribution in [3.63, 3.8) is 0 Å². The Bertz CT molecular complexity index is 732. The quantitative estimate of drug-likeness (QED) is 0.675. The first kappa shape index (κ1) is 13.3. The van der Waals surface area contributed by atoms with E-state index in [0.717, 1.165) is 17.0 Å². The molecule has 0 saturated heterocycles. The van der Waals surface area contributed by atoms with Gasteiger partial charge in [-0.25, -0.2) is 4.98 Å². The van der Waals surface area contributed by atoms with Crippen molar-refractivity contribution < 1.29 is 4.79 Å². The van der Waals surface area contributed by atoms with Crippen molar-refractivity contribution in [2.75, 3.05) is 0 Å². The summed E-state index contributed by atoms with van der Waals surface area (Å²) in [6.45, 7) is 1.91. The molecule has 3 nitrogen and oxygen atoms in total. The summed E-state index contributed by atoms with van der Waals surface area (Å²) in [6.07, 6.45) is 3.59. The van der Waals surface area contributed by atoms with Crippen LogP contribution in [-0.4, -0.2) is 15.3 Å². The van der Waals surface area contributed by atoms with Gasteiger partial charge >= 0.3 is 0 Å². The number of aromatic nitrogens is 2. The van der Waals surface area contributed by atoms with E-state index in [1.165, 1.54) is 0 Å². The van der Waals surface area contributed by atoms with Crippen LogP contribution < -0.4 is 0 Å². The number of carbonyl (C=O) groups is 1. The van der Waals surface area contributed by atoms with Gasteiger partial charge in [0.15, 0.2) is 5.78 Å². The van der Waals surface area contributed by atoms with Crippen LogP contribution in [0, 0.1) is 0 Å². The smallest absolute Gasteiger partial charge is 0.185 e. The lowest BCUT2D eigenvalue weighted by Gasteiger charge is -2.15. The van der Waals surface area contributed by atoms with Gasteiger partial charge in [-0.2, -0.15) is 0 Å². The molecular formula is C18H16N2O. The Morgan fingerprint density at radius 1 is 1.00 bits per heavy atom. The van der Waals surface area contributed by atoms with Gasteiger partial charge in [0.25, 0.3) is 0 Å². The highest BCUT2D eigenvalue weighted by molar-refractivity contribution is 5.99. The first-order valence-electron chi connectivity index (χ1n) is 6.95. The molecular weight excluding hydrogens is 260 g/mol. The Kier molecular flexibility index (Phi) is 3.65. The molecule has 2 aromatic carbocycles. The topological polar surface area (TPSA) is 34.9 Å². The molecule has 0 N–H and O–H groups in total. The SMILES string of the molecule is CC(C(=O)c1ccccc1)n1ccnc1-c1ccccc1. The minimum absolute atomic E-state index is 0.0887. The van der Waals surface area contributed by atoms with Crippen LogP contribution in [0.4, 0.5) is 0 Å². The van der Waals surface area contributed by atoms with Gasteiger partial charge in [-0.15, -0.1) is 0 Å². The molecule has 104 valence electrons. The molecule has 0 saturated carbocycles. The Morgan fingerprint density at radius 2 is 1.62 bits per heavy atom. The number of hydrogen-bond donors (Lipinski definition) is 0. The first-order valence-corrected chi connectivity index (χ1v) is 6.95. The third kappa shape index (κ3) is 2.63. The van der Waals surface area contributed by atoms with E-state index >= 15 is 0 Å². The summed E-state index contributed by atoms with van der Waals surface area (Å²) in [4.78, 5) is 17.0. The molecule has 0 bridgehead atoms. The minimum atomic E-state index is -0.287. The molecule has 0 amide bonds. The van der Waals surface area contributed by atoms with E-state index in [1.54, 1.807) is 6.20 Å². The Hall–Kier alpha value is -2.68. The summed E-state index contributed by atoms with van der Waals surface area (Å²) in [6, 6.07) is 19.0. The third-order valence-electron chi connectivity index (χ3n) is 3.56. The second kappa shape index (κ2) is 5.75. The molecule has 3 heteroatoms. The largest absolute Gasteiger partial charge is 0.320 e. The predicted octanol–water partition coefficient (Wildman–Crippen LogP) is 3.99. The van der Waals surface area contributed by atoms with Crippen molar-refractivity contribution in [1.82, 2.24) is 9.55 Å². The highest BCUT2D eigenvalue weighted by atomic mass is 16.1. The van der Waals surface area contributed by atoms with Crippen LogP contribution in [0.1, 0.15) is 23.3 Å². The van der Waals surface area contributed by atoms with Gasteiger partial charge in [-0.3, -0.25) is 4.79 Å². The van der Waals surface area contributed by atoms with Crippen LogP contribution in [0.15, 0.2) is 73.1 Å². The zero-order valence-corrected chi connectivity index (χ0v) is 11.8. The Balaban J connectivity index is 1.95. The van der Waals surface area contributed by atoms with E-state index in [1.807, 2.05) is 78.4 Å². The highest BCUT2D eigenvalue weighted by Crippen LogP contribution is 2.23. The number of rotatable bonds is 4. The summed E-state index contributed by atoms with van der Waals surface area (Å²) < 4.78 is 1.92. The lowest BCUT2D eigenvalue weighted by atomic mass is 10.1. The predicted molar refractivity (Wildman–Crippen MR) is 83.1 cm³/mol. The van der Waals surface area contributed by atoms with E-state index in [9.17, 15) is 4.79 Å². The number of imidazole rings is 1. The van der Waals surface area contributed by atoms with Crippen LogP contribution in [0.25, 0.3) is 11.4 Å². The van der Waals surface area contributed by atoms with Crippen LogP contribution in [0.2, 0.25) is 0 Å². The molecule has 0 spiro atoms. The molecule has 0 aliphatic carbocycles. The number of Topliss-reactive ketones (excluding diaryl/α,β-unsaturated/α-hetero) is 1. The standard InChI is InChI=1S/C18H16N2O/c1-14(17(21)15-8-4-2-5-9-15)20-13-12-19-18(20)16-10-6-3-7-11-16/h2-14H,1H3. The monoisotopic (exact) mass is 276 g/mol. The molecule has 0 radical (unpaired) electrons. The molecule has 3 aromatic rings. The maximum Gasteiger partial charge on any atom is 0.185 e. The normalized spacial score (nSPS) is 12.0. The third-order valence-corrected chi connectivity index (χ3v) is 3.56. The second-order valence-electron chi connectivity index (χ2n) is 4.93. The number of benzene rings is 2. The fourth-order valence-electron chi connectivity index (χ4n) is 2.41. The van der Waals surface area contributed by atoms with Crippen molar-refractivity contribution in [2.45, 2.75) is 13.0 Å². The average molecular weight is 276 g/mol. The molecule has 1 heterocycles. The molecule has 0 aliphatic heterocycles. The fourth-order valence-corrected chi connectivity index (χ4v) is 2.41. The number of ketones is 1. The van der Waals surface area contributed by atoms with Crippen LogP contribution >= 0.6 is 0 Å². The van der Waals surface area contributed by atoms with Gasteiger partial charge in [0.1, 0.15) is 5.82 Å². The zero-order chi connectivity index (χ0) is 14.7. The lowest BCUT2D eigenvalue weighted by Crippen LogP contribution is -2.17. The van der Waals surface area contributed by atoms with Gasteiger partial charge in [0.05, 0.1) is 6.04 Å². The fraction of sp³-hybridized carbons (Fsp3) is 0.111. The summed E-state index contributed by atoms with van der Waals surface area (Å²) in [5.74, 6) is 0.901. The molecule has 1 atom stereocenters. The molecule has 21 heavy (non-hydrogen) atoms. The Labute approximate surface area is 123 Å². The van der Waals surface area contributed by atoms with Gasteiger partial charge in [0.2, 0.25) is 0 Å². The maximum absolute atomic E-state index is 12.6. The number of nitrogens with zero attached hydrogens (tertiary/aromatic N) is 2. The molecule has 0 fully saturated rings. The van der Waals surface area contributed by atoms with Crippen LogP contribution in [0.3, 0.4) is 0 Å². The van der Waals surface area contributed by atoms with E-state index in [4.69, 9.17) is 0 Å². The minimum Gasteiger partial charge on any atom is -0.320 e. The van der Waals surface area contributed by atoms with Crippen molar-refractivity contribution in [3.8, 4) is 11.4 Å². The highest BCUT2D eigenvalue weighted by Gasteiger charge is 2.19. The van der Waals surface area contributed by atoms with Crippen molar-refractivity contribution in [3.05, 3.63) is 78.6 Å². The van der Waals surface area contributed by atoms with Gasteiger partial charge in [0, 0.05) is 23.5 Å². The average Bonchev–Trinajstić information content (AvgIpc) is 3.04. The second-order valence-corrected chi connectivity index (χ2v) is 4.93. The maximum atomic E-state index is 12.6. The van der Waals surface area contributed by atoms with Crippen LogP contribution in [0.5, 0.6) is 0 Å². The molecule has 1 unspecified atom stereocenters. The molecule has 1 aromatic heterocycles. The summed E-state index contributed by atoms with van der Waals surface area (Å²) >= 11 is 0. The summed E-state index contributed by atoms with van der Waals surface area (Å²) in [5.41, 5.74) is 1.73. The van der Waals surface area contributed by atoms with Crippen molar-refractivity contribution in [2.24, 2.45) is 0 Å².